The van der Waals surface area contributed by atoms with E-state index in [1.54, 1.807) is 19.2 Å². The standard InChI is InChI=1S/C14H15N3O2.C2HF3O2/c1-19-12-3-2-9(7-15)13-11(12)6-10-8-16-4-5-17(10)14(13)18;3-2(4,5)1(6)7/h2-3,10,16H,4-6,8H2,1H3;(H,6,7)/t10-;/m1./s1. The lowest BCUT2D eigenvalue weighted by atomic mass is 9.88. The van der Waals surface area contributed by atoms with Gasteiger partial charge in [-0.05, 0) is 18.6 Å². The molecular formula is C16H16F3N3O4. The summed E-state index contributed by atoms with van der Waals surface area (Å²) in [6, 6.07) is 5.72. The van der Waals surface area contributed by atoms with Crippen LogP contribution in [0.1, 0.15) is 21.5 Å². The number of hydrogen-bond acceptors (Lipinski definition) is 5. The average Bonchev–Trinajstić information content (AvgIpc) is 2.60. The highest BCUT2D eigenvalue weighted by Gasteiger charge is 2.38. The quantitative estimate of drug-likeness (QED) is 0.768. The van der Waals surface area contributed by atoms with Crippen LogP contribution in [0.5, 0.6) is 5.75 Å². The van der Waals surface area contributed by atoms with E-state index >= 15 is 0 Å². The Hall–Kier alpha value is -2.80. The number of carbonyl (C=O) groups is 2. The number of fused-ring (bicyclic) bond motifs is 2. The van der Waals surface area contributed by atoms with E-state index in [4.69, 9.17) is 14.6 Å². The van der Waals surface area contributed by atoms with Crippen molar-refractivity contribution in [3.05, 3.63) is 28.8 Å². The first-order valence-corrected chi connectivity index (χ1v) is 7.62. The van der Waals surface area contributed by atoms with E-state index in [9.17, 15) is 23.2 Å². The van der Waals surface area contributed by atoms with Crippen molar-refractivity contribution in [1.29, 1.82) is 5.26 Å². The van der Waals surface area contributed by atoms with Crippen molar-refractivity contribution in [3.63, 3.8) is 0 Å². The molecule has 1 amide bonds. The van der Waals surface area contributed by atoms with Gasteiger partial charge in [0.25, 0.3) is 5.91 Å². The number of carboxylic acid groups (broad SMARTS) is 1. The second kappa shape index (κ2) is 7.61. The summed E-state index contributed by atoms with van der Waals surface area (Å²) in [4.78, 5) is 23.4. The van der Waals surface area contributed by atoms with E-state index in [2.05, 4.69) is 11.4 Å². The summed E-state index contributed by atoms with van der Waals surface area (Å²) < 4.78 is 37.1. The zero-order valence-corrected chi connectivity index (χ0v) is 13.8. The molecule has 1 aromatic rings. The summed E-state index contributed by atoms with van der Waals surface area (Å²) in [5.41, 5.74) is 1.84. The zero-order valence-electron chi connectivity index (χ0n) is 13.8. The predicted octanol–water partition coefficient (Wildman–Crippen LogP) is 1.17. The van der Waals surface area contributed by atoms with Crippen molar-refractivity contribution in [2.75, 3.05) is 26.7 Å². The molecule has 140 valence electrons. The molecule has 10 heteroatoms. The number of piperazine rings is 1. The van der Waals surface area contributed by atoms with Gasteiger partial charge in [-0.2, -0.15) is 18.4 Å². The fourth-order valence-corrected chi connectivity index (χ4v) is 2.95. The molecule has 1 aromatic carbocycles. The minimum Gasteiger partial charge on any atom is -0.496 e. The first-order valence-electron chi connectivity index (χ1n) is 7.62. The summed E-state index contributed by atoms with van der Waals surface area (Å²) in [6.45, 7) is 2.31. The number of ether oxygens (including phenoxy) is 1. The van der Waals surface area contributed by atoms with Crippen molar-refractivity contribution in [1.82, 2.24) is 10.2 Å². The maximum Gasteiger partial charge on any atom is 0.490 e. The van der Waals surface area contributed by atoms with Crippen LogP contribution < -0.4 is 10.1 Å². The number of benzene rings is 1. The number of methoxy groups -OCH3 is 1. The van der Waals surface area contributed by atoms with Gasteiger partial charge < -0.3 is 20.1 Å². The van der Waals surface area contributed by atoms with Gasteiger partial charge in [0.2, 0.25) is 0 Å². The number of nitrogens with zero attached hydrogens (tertiary/aromatic N) is 2. The molecule has 2 N–H and O–H groups in total. The largest absolute Gasteiger partial charge is 0.496 e. The third-order valence-electron chi connectivity index (χ3n) is 4.12. The lowest BCUT2D eigenvalue weighted by molar-refractivity contribution is -0.192. The van der Waals surface area contributed by atoms with E-state index in [0.717, 1.165) is 25.1 Å². The Labute approximate surface area is 147 Å². The molecule has 1 fully saturated rings. The van der Waals surface area contributed by atoms with Crippen LogP contribution in [0.2, 0.25) is 0 Å². The number of hydrogen-bond donors (Lipinski definition) is 2. The molecule has 0 aliphatic carbocycles. The molecule has 1 atom stereocenters. The summed E-state index contributed by atoms with van der Waals surface area (Å²) in [5, 5.41) is 19.6. The van der Waals surface area contributed by atoms with Gasteiger partial charge in [0.1, 0.15) is 5.75 Å². The number of amides is 1. The second-order valence-electron chi connectivity index (χ2n) is 5.64. The normalized spacial score (nSPS) is 18.7. The molecule has 26 heavy (non-hydrogen) atoms. The Bertz CT molecular complexity index is 758. The number of rotatable bonds is 1. The molecule has 0 spiro atoms. The van der Waals surface area contributed by atoms with Crippen LogP contribution in [-0.4, -0.2) is 60.8 Å². The van der Waals surface area contributed by atoms with Gasteiger partial charge in [-0.25, -0.2) is 4.79 Å². The fourth-order valence-electron chi connectivity index (χ4n) is 2.95. The van der Waals surface area contributed by atoms with Gasteiger partial charge in [-0.1, -0.05) is 0 Å². The second-order valence-corrected chi connectivity index (χ2v) is 5.64. The average molecular weight is 371 g/mol. The number of halogens is 3. The fraction of sp³-hybridized carbons (Fsp3) is 0.438. The van der Waals surface area contributed by atoms with Crippen molar-refractivity contribution in [2.45, 2.75) is 18.6 Å². The number of nitriles is 1. The van der Waals surface area contributed by atoms with Gasteiger partial charge in [0.05, 0.1) is 24.3 Å². The summed E-state index contributed by atoms with van der Waals surface area (Å²) in [5.74, 6) is -2.09. The number of carbonyl (C=O) groups excluding carboxylic acids is 1. The molecule has 2 aliphatic rings. The third-order valence-corrected chi connectivity index (χ3v) is 4.12. The van der Waals surface area contributed by atoms with Gasteiger partial charge >= 0.3 is 12.1 Å². The van der Waals surface area contributed by atoms with Crippen LogP contribution in [0, 0.1) is 11.3 Å². The Kier molecular flexibility index (Phi) is 5.72. The molecule has 0 bridgehead atoms. The molecule has 3 rings (SSSR count). The molecule has 1 saturated heterocycles. The van der Waals surface area contributed by atoms with E-state index < -0.39 is 12.1 Å². The van der Waals surface area contributed by atoms with E-state index in [-0.39, 0.29) is 11.9 Å². The molecule has 0 unspecified atom stereocenters. The predicted molar refractivity (Wildman–Crippen MR) is 82.8 cm³/mol. The number of alkyl halides is 3. The summed E-state index contributed by atoms with van der Waals surface area (Å²) >= 11 is 0. The lowest BCUT2D eigenvalue weighted by Crippen LogP contribution is -2.57. The Morgan fingerprint density at radius 3 is 2.65 bits per heavy atom. The lowest BCUT2D eigenvalue weighted by Gasteiger charge is -2.40. The molecule has 2 aliphatic heterocycles. The van der Waals surface area contributed by atoms with Crippen molar-refractivity contribution in [2.24, 2.45) is 0 Å². The number of nitrogens with one attached hydrogen (secondary N) is 1. The summed E-state index contributed by atoms with van der Waals surface area (Å²) in [7, 11) is 1.59. The Balaban J connectivity index is 0.000000298. The molecule has 0 saturated carbocycles. The van der Waals surface area contributed by atoms with Crippen LogP contribution >= 0.6 is 0 Å². The van der Waals surface area contributed by atoms with Gasteiger partial charge in [-0.3, -0.25) is 4.79 Å². The van der Waals surface area contributed by atoms with Crippen LogP contribution in [0.4, 0.5) is 13.2 Å². The summed E-state index contributed by atoms with van der Waals surface area (Å²) in [6.07, 6.45) is -4.34. The van der Waals surface area contributed by atoms with Gasteiger partial charge in [-0.15, -0.1) is 0 Å². The third kappa shape index (κ3) is 3.88. The first-order chi connectivity index (χ1) is 12.2. The highest BCUT2D eigenvalue weighted by Crippen LogP contribution is 2.33. The van der Waals surface area contributed by atoms with Gasteiger partial charge in [0, 0.05) is 31.2 Å². The minimum atomic E-state index is -5.08. The van der Waals surface area contributed by atoms with Crippen molar-refractivity contribution < 1.29 is 32.6 Å². The molecule has 7 nitrogen and oxygen atoms in total. The molecule has 0 aromatic heterocycles. The van der Waals surface area contributed by atoms with E-state index in [1.165, 1.54) is 0 Å². The highest BCUT2D eigenvalue weighted by molar-refractivity contribution is 6.00. The Morgan fingerprint density at radius 1 is 1.46 bits per heavy atom. The highest BCUT2D eigenvalue weighted by atomic mass is 19.4. The SMILES string of the molecule is COc1ccc(C#N)c2c1C[C@@H]1CNCCN1C2=O.O=C(O)C(F)(F)F. The van der Waals surface area contributed by atoms with Crippen molar-refractivity contribution >= 4 is 11.9 Å². The smallest absolute Gasteiger partial charge is 0.490 e. The maximum absolute atomic E-state index is 12.6. The topological polar surface area (TPSA) is 103 Å². The Morgan fingerprint density at radius 2 is 2.12 bits per heavy atom. The van der Waals surface area contributed by atoms with E-state index in [0.29, 0.717) is 23.4 Å². The maximum atomic E-state index is 12.6. The monoisotopic (exact) mass is 371 g/mol. The first kappa shape index (κ1) is 19.5. The number of aliphatic carboxylic acids is 1. The molecule has 2 heterocycles. The van der Waals surface area contributed by atoms with Crippen LogP contribution in [0.3, 0.4) is 0 Å². The zero-order chi connectivity index (χ0) is 19.5. The van der Waals surface area contributed by atoms with Gasteiger partial charge in [0.15, 0.2) is 0 Å². The van der Waals surface area contributed by atoms with Crippen LogP contribution in [-0.2, 0) is 11.2 Å². The van der Waals surface area contributed by atoms with Crippen molar-refractivity contribution in [3.8, 4) is 11.8 Å². The number of carboxylic acids is 1. The van der Waals surface area contributed by atoms with Crippen LogP contribution in [0.15, 0.2) is 12.1 Å². The van der Waals surface area contributed by atoms with Crippen LogP contribution in [0.25, 0.3) is 0 Å². The van der Waals surface area contributed by atoms with E-state index in [1.807, 2.05) is 4.90 Å². The molecule has 0 radical (unpaired) electrons. The molecular weight excluding hydrogens is 355 g/mol. The minimum absolute atomic E-state index is 0.0387.